The van der Waals surface area contributed by atoms with E-state index in [1.807, 2.05) is 0 Å². The molecule has 0 saturated carbocycles. The molecular weight excluding hydrogens is 295 g/mol. The Labute approximate surface area is 125 Å². The number of likely N-dealkylation sites (tertiary alicyclic amines) is 1. The molecule has 1 aromatic rings. The van der Waals surface area contributed by atoms with Crippen LogP contribution in [0.25, 0.3) is 0 Å². The molecule has 5 nitrogen and oxygen atoms in total. The average Bonchev–Trinajstić information content (AvgIpc) is 2.46. The molecule has 0 atom stereocenters. The lowest BCUT2D eigenvalue weighted by molar-refractivity contribution is 0.220. The van der Waals surface area contributed by atoms with E-state index in [0.717, 1.165) is 32.0 Å². The van der Waals surface area contributed by atoms with Gasteiger partial charge in [-0.1, -0.05) is 0 Å². The maximum atomic E-state index is 13.6. The van der Waals surface area contributed by atoms with E-state index in [1.54, 1.807) is 0 Å². The Hall–Kier alpha value is -1.18. The monoisotopic (exact) mass is 316 g/mol. The van der Waals surface area contributed by atoms with Gasteiger partial charge in [-0.25, -0.2) is 17.5 Å². The van der Waals surface area contributed by atoms with Crippen molar-refractivity contribution in [2.45, 2.75) is 17.7 Å². The molecule has 1 fully saturated rings. The minimum Gasteiger partial charge on any atom is -0.494 e. The largest absolute Gasteiger partial charge is 0.494 e. The van der Waals surface area contributed by atoms with Gasteiger partial charge in [0.25, 0.3) is 0 Å². The molecule has 2 rings (SSSR count). The van der Waals surface area contributed by atoms with E-state index in [-0.39, 0.29) is 10.6 Å². The van der Waals surface area contributed by atoms with Crippen LogP contribution in [0.15, 0.2) is 23.1 Å². The van der Waals surface area contributed by atoms with Gasteiger partial charge in [-0.2, -0.15) is 0 Å². The fourth-order valence-electron chi connectivity index (χ4n) is 2.39. The van der Waals surface area contributed by atoms with Gasteiger partial charge < -0.3 is 9.64 Å². The van der Waals surface area contributed by atoms with Gasteiger partial charge in [-0.3, -0.25) is 0 Å². The lowest BCUT2D eigenvalue weighted by atomic mass is 9.98. The SMILES string of the molecule is COc1ccc(S(=O)(=O)NCC2CCN(C)CC2)cc1F. The Kier molecular flexibility index (Phi) is 5.18. The average molecular weight is 316 g/mol. The van der Waals surface area contributed by atoms with Crippen molar-refractivity contribution in [2.24, 2.45) is 5.92 Å². The molecule has 0 bridgehead atoms. The number of benzene rings is 1. The number of nitrogens with one attached hydrogen (secondary N) is 1. The predicted octanol–water partition coefficient (Wildman–Crippen LogP) is 1.45. The summed E-state index contributed by atoms with van der Waals surface area (Å²) in [5.41, 5.74) is 0. The molecule has 0 aliphatic carbocycles. The van der Waals surface area contributed by atoms with Gasteiger partial charge in [0.05, 0.1) is 12.0 Å². The lowest BCUT2D eigenvalue weighted by Crippen LogP contribution is -2.36. The van der Waals surface area contributed by atoms with Crippen molar-refractivity contribution in [3.8, 4) is 5.75 Å². The summed E-state index contributed by atoms with van der Waals surface area (Å²) >= 11 is 0. The number of ether oxygens (including phenoxy) is 1. The smallest absolute Gasteiger partial charge is 0.240 e. The molecule has 0 aromatic heterocycles. The third-order valence-corrected chi connectivity index (χ3v) is 5.25. The van der Waals surface area contributed by atoms with Crippen molar-refractivity contribution in [1.29, 1.82) is 0 Å². The van der Waals surface area contributed by atoms with Crippen LogP contribution in [0.4, 0.5) is 4.39 Å². The maximum Gasteiger partial charge on any atom is 0.240 e. The molecule has 1 N–H and O–H groups in total. The van der Waals surface area contributed by atoms with Crippen LogP contribution in [0.5, 0.6) is 5.75 Å². The molecule has 1 aromatic carbocycles. The van der Waals surface area contributed by atoms with Crippen molar-refractivity contribution in [2.75, 3.05) is 33.8 Å². The highest BCUT2D eigenvalue weighted by molar-refractivity contribution is 7.89. The van der Waals surface area contributed by atoms with E-state index in [9.17, 15) is 12.8 Å². The second-order valence-electron chi connectivity index (χ2n) is 5.39. The lowest BCUT2D eigenvalue weighted by Gasteiger charge is -2.28. The summed E-state index contributed by atoms with van der Waals surface area (Å²) in [7, 11) is -0.286. The van der Waals surface area contributed by atoms with E-state index in [1.165, 1.54) is 19.2 Å². The van der Waals surface area contributed by atoms with Crippen molar-refractivity contribution in [3.63, 3.8) is 0 Å². The van der Waals surface area contributed by atoms with Crippen LogP contribution in [0.3, 0.4) is 0 Å². The summed E-state index contributed by atoms with van der Waals surface area (Å²) in [6, 6.07) is 3.65. The van der Waals surface area contributed by atoms with Crippen LogP contribution in [-0.4, -0.2) is 47.1 Å². The minimum atomic E-state index is -3.68. The van der Waals surface area contributed by atoms with Gasteiger partial charge in [0.2, 0.25) is 10.0 Å². The molecule has 0 amide bonds. The zero-order valence-corrected chi connectivity index (χ0v) is 13.1. The second kappa shape index (κ2) is 6.72. The Morgan fingerprint density at radius 3 is 2.62 bits per heavy atom. The quantitative estimate of drug-likeness (QED) is 0.893. The molecule has 1 aliphatic heterocycles. The summed E-state index contributed by atoms with van der Waals surface area (Å²) in [4.78, 5) is 2.15. The van der Waals surface area contributed by atoms with Gasteiger partial charge >= 0.3 is 0 Å². The van der Waals surface area contributed by atoms with E-state index >= 15 is 0 Å². The minimum absolute atomic E-state index is 0.0317. The number of hydrogen-bond acceptors (Lipinski definition) is 4. The highest BCUT2D eigenvalue weighted by Gasteiger charge is 2.21. The molecular formula is C14H21FN2O3S. The van der Waals surface area contributed by atoms with Gasteiger partial charge in [0.1, 0.15) is 0 Å². The highest BCUT2D eigenvalue weighted by atomic mass is 32.2. The van der Waals surface area contributed by atoms with E-state index < -0.39 is 15.8 Å². The number of hydrogen-bond donors (Lipinski definition) is 1. The first-order valence-corrected chi connectivity index (χ1v) is 8.42. The van der Waals surface area contributed by atoms with Gasteiger partial charge in [0, 0.05) is 6.54 Å². The van der Waals surface area contributed by atoms with Gasteiger partial charge in [-0.05, 0) is 57.1 Å². The summed E-state index contributed by atoms with van der Waals surface area (Å²) in [6.07, 6.45) is 1.94. The van der Waals surface area contributed by atoms with Crippen molar-refractivity contribution in [3.05, 3.63) is 24.0 Å². The molecule has 21 heavy (non-hydrogen) atoms. The Balaban J connectivity index is 2.00. The van der Waals surface area contributed by atoms with Crippen LogP contribution in [0.1, 0.15) is 12.8 Å². The van der Waals surface area contributed by atoms with Gasteiger partial charge in [0.15, 0.2) is 11.6 Å². The molecule has 0 unspecified atom stereocenters. The summed E-state index contributed by atoms with van der Waals surface area (Å²) in [5, 5.41) is 0. The van der Waals surface area contributed by atoms with Gasteiger partial charge in [-0.15, -0.1) is 0 Å². The van der Waals surface area contributed by atoms with Crippen LogP contribution in [0.2, 0.25) is 0 Å². The number of rotatable bonds is 5. The summed E-state index contributed by atoms with van der Waals surface area (Å²) in [6.45, 7) is 2.34. The van der Waals surface area contributed by atoms with Crippen molar-refractivity contribution >= 4 is 10.0 Å². The zero-order valence-electron chi connectivity index (χ0n) is 12.3. The van der Waals surface area contributed by atoms with Crippen LogP contribution in [0, 0.1) is 11.7 Å². The summed E-state index contributed by atoms with van der Waals surface area (Å²) in [5.74, 6) is -0.317. The van der Waals surface area contributed by atoms with Crippen LogP contribution >= 0.6 is 0 Å². The Morgan fingerprint density at radius 2 is 2.05 bits per heavy atom. The topological polar surface area (TPSA) is 58.6 Å². The van der Waals surface area contributed by atoms with E-state index in [4.69, 9.17) is 4.74 Å². The van der Waals surface area contributed by atoms with Crippen molar-refractivity contribution < 1.29 is 17.5 Å². The normalized spacial score (nSPS) is 17.9. The van der Waals surface area contributed by atoms with E-state index in [0.29, 0.717) is 12.5 Å². The van der Waals surface area contributed by atoms with E-state index in [2.05, 4.69) is 16.7 Å². The van der Waals surface area contributed by atoms with Crippen LogP contribution in [-0.2, 0) is 10.0 Å². The predicted molar refractivity (Wildman–Crippen MR) is 78.4 cm³/mol. The fraction of sp³-hybridized carbons (Fsp3) is 0.571. The number of sulfonamides is 1. The standard InChI is InChI=1S/C14H21FN2O3S/c1-17-7-5-11(6-8-17)10-16-21(18,19)12-3-4-14(20-2)13(15)9-12/h3-4,9,11,16H,5-8,10H2,1-2H3. The first-order valence-electron chi connectivity index (χ1n) is 6.94. The molecule has 0 radical (unpaired) electrons. The number of piperidine rings is 1. The molecule has 7 heteroatoms. The molecule has 1 aliphatic rings. The summed E-state index contributed by atoms with van der Waals surface area (Å²) < 4.78 is 45.3. The maximum absolute atomic E-state index is 13.6. The number of halogens is 1. The molecule has 1 heterocycles. The molecule has 1 saturated heterocycles. The fourth-order valence-corrected chi connectivity index (χ4v) is 3.52. The number of nitrogens with zero attached hydrogens (tertiary/aromatic N) is 1. The third-order valence-electron chi connectivity index (χ3n) is 3.83. The van der Waals surface area contributed by atoms with Crippen LogP contribution < -0.4 is 9.46 Å². The Bertz CT molecular complexity index is 584. The molecule has 118 valence electrons. The molecule has 0 spiro atoms. The van der Waals surface area contributed by atoms with Crippen molar-refractivity contribution in [1.82, 2.24) is 9.62 Å². The number of methoxy groups -OCH3 is 1. The zero-order chi connectivity index (χ0) is 15.5. The Morgan fingerprint density at radius 1 is 1.38 bits per heavy atom. The second-order valence-corrected chi connectivity index (χ2v) is 7.16. The third kappa shape index (κ3) is 4.15. The first-order chi connectivity index (χ1) is 9.92. The first kappa shape index (κ1) is 16.2. The highest BCUT2D eigenvalue weighted by Crippen LogP contribution is 2.21.